The smallest absolute Gasteiger partial charge is 0.251 e. The summed E-state index contributed by atoms with van der Waals surface area (Å²) in [5.41, 5.74) is 1.71. The molecule has 4 rings (SSSR count). The minimum absolute atomic E-state index is 0.137. The highest BCUT2D eigenvalue weighted by molar-refractivity contribution is 5.85. The summed E-state index contributed by atoms with van der Waals surface area (Å²) < 4.78 is 55.7. The Kier molecular flexibility index (Phi) is 6.37. The molecule has 0 amide bonds. The molecule has 0 bridgehead atoms. The van der Waals surface area contributed by atoms with E-state index in [1.54, 1.807) is 0 Å². The van der Waals surface area contributed by atoms with Crippen LogP contribution in [-0.2, 0) is 6.42 Å². The number of H-pyrrole nitrogens is 1. The molecule has 1 atom stereocenters. The number of aromatic amines is 1. The van der Waals surface area contributed by atoms with E-state index in [2.05, 4.69) is 4.98 Å². The summed E-state index contributed by atoms with van der Waals surface area (Å²) in [4.78, 5) is 15.4. The maximum Gasteiger partial charge on any atom is 0.251 e. The fraction of sp³-hybridized carbons (Fsp3) is 0.318. The number of hydrogen-bond donors (Lipinski definition) is 1. The van der Waals surface area contributed by atoms with Crippen LogP contribution in [0.25, 0.3) is 10.9 Å². The number of para-hydroxylation sites is 1. The lowest BCUT2D eigenvalue weighted by Crippen LogP contribution is -2.40. The second-order valence-corrected chi connectivity index (χ2v) is 6.62. The molecule has 0 spiro atoms. The number of carbonyl (C=O) groups excluding carboxylic acids is 1. The molecule has 3 nitrogen and oxygen atoms in total. The average molecular weight is 406 g/mol. The summed E-state index contributed by atoms with van der Waals surface area (Å²) in [6.45, 7) is 3.64. The number of aldehydes is 1. The first kappa shape index (κ1) is 21.0. The molecular formula is C22H22F4N2O. The van der Waals surface area contributed by atoms with Crippen LogP contribution in [0.2, 0.25) is 0 Å². The van der Waals surface area contributed by atoms with Crippen LogP contribution in [0.1, 0.15) is 47.1 Å². The van der Waals surface area contributed by atoms with Gasteiger partial charge in [0.25, 0.3) is 6.43 Å². The fourth-order valence-corrected chi connectivity index (χ4v) is 3.92. The van der Waals surface area contributed by atoms with Crippen LogP contribution >= 0.6 is 0 Å². The number of fused-ring (bicyclic) bond motifs is 3. The van der Waals surface area contributed by atoms with Gasteiger partial charge in [-0.1, -0.05) is 32.0 Å². The first-order valence-corrected chi connectivity index (χ1v) is 9.55. The number of alkyl halides is 2. The van der Waals surface area contributed by atoms with Crippen LogP contribution in [0.4, 0.5) is 17.6 Å². The Morgan fingerprint density at radius 1 is 1.17 bits per heavy atom. The minimum Gasteiger partial charge on any atom is -0.357 e. The van der Waals surface area contributed by atoms with Gasteiger partial charge in [0, 0.05) is 34.3 Å². The van der Waals surface area contributed by atoms with Crippen LogP contribution in [0, 0.1) is 11.6 Å². The van der Waals surface area contributed by atoms with Crippen molar-refractivity contribution in [2.45, 2.75) is 32.7 Å². The van der Waals surface area contributed by atoms with Gasteiger partial charge in [-0.15, -0.1) is 0 Å². The SMILES string of the molecule is CC.O=Cc1cc(F)c(C2c3[nH]c4ccccc4c3CCN2CC(F)F)c(F)c1. The molecule has 0 fully saturated rings. The molecule has 0 radical (unpaired) electrons. The number of benzene rings is 2. The lowest BCUT2D eigenvalue weighted by atomic mass is 9.91. The number of nitrogens with one attached hydrogen (secondary N) is 1. The van der Waals surface area contributed by atoms with Gasteiger partial charge in [-0.05, 0) is 30.2 Å². The van der Waals surface area contributed by atoms with E-state index in [0.29, 0.717) is 18.4 Å². The van der Waals surface area contributed by atoms with Gasteiger partial charge in [-0.25, -0.2) is 17.6 Å². The van der Waals surface area contributed by atoms with Gasteiger partial charge in [-0.3, -0.25) is 9.69 Å². The topological polar surface area (TPSA) is 36.1 Å². The predicted octanol–water partition coefficient (Wildman–Crippen LogP) is 5.50. The van der Waals surface area contributed by atoms with Gasteiger partial charge in [-0.2, -0.15) is 0 Å². The van der Waals surface area contributed by atoms with E-state index in [0.717, 1.165) is 28.6 Å². The van der Waals surface area contributed by atoms with Crippen molar-refractivity contribution in [3.8, 4) is 0 Å². The van der Waals surface area contributed by atoms with E-state index >= 15 is 0 Å². The molecule has 1 aliphatic heterocycles. The van der Waals surface area contributed by atoms with E-state index in [1.807, 2.05) is 38.1 Å². The Balaban J connectivity index is 0.00000117. The van der Waals surface area contributed by atoms with E-state index in [4.69, 9.17) is 0 Å². The van der Waals surface area contributed by atoms with E-state index in [1.165, 1.54) is 4.90 Å². The van der Waals surface area contributed by atoms with Crippen molar-refractivity contribution >= 4 is 17.2 Å². The zero-order chi connectivity index (χ0) is 21.1. The predicted molar refractivity (Wildman–Crippen MR) is 105 cm³/mol. The maximum atomic E-state index is 14.7. The lowest BCUT2D eigenvalue weighted by Gasteiger charge is -2.36. The lowest BCUT2D eigenvalue weighted by molar-refractivity contribution is 0.0679. The Morgan fingerprint density at radius 2 is 1.83 bits per heavy atom. The van der Waals surface area contributed by atoms with Gasteiger partial charge in [0.15, 0.2) is 0 Å². The van der Waals surface area contributed by atoms with Crippen LogP contribution in [0.3, 0.4) is 0 Å². The fourth-order valence-electron chi connectivity index (χ4n) is 3.92. The number of rotatable bonds is 4. The third-order valence-corrected chi connectivity index (χ3v) is 5.02. The van der Waals surface area contributed by atoms with Gasteiger partial charge in [0.2, 0.25) is 0 Å². The molecule has 1 N–H and O–H groups in total. The van der Waals surface area contributed by atoms with Crippen molar-refractivity contribution in [2.24, 2.45) is 0 Å². The molecule has 2 aromatic carbocycles. The Hall–Kier alpha value is -2.67. The van der Waals surface area contributed by atoms with E-state index in [-0.39, 0.29) is 17.7 Å². The van der Waals surface area contributed by atoms with Crippen molar-refractivity contribution < 1.29 is 22.4 Å². The van der Waals surface area contributed by atoms with Crippen molar-refractivity contribution in [2.75, 3.05) is 13.1 Å². The molecule has 0 saturated heterocycles. The summed E-state index contributed by atoms with van der Waals surface area (Å²) in [6.07, 6.45) is -1.79. The number of carbonyl (C=O) groups is 1. The largest absolute Gasteiger partial charge is 0.357 e. The summed E-state index contributed by atoms with van der Waals surface area (Å²) in [7, 11) is 0. The second kappa shape index (κ2) is 8.78. The zero-order valence-corrected chi connectivity index (χ0v) is 16.2. The van der Waals surface area contributed by atoms with Crippen LogP contribution in [0.15, 0.2) is 36.4 Å². The Morgan fingerprint density at radius 3 is 2.45 bits per heavy atom. The number of hydrogen-bond acceptors (Lipinski definition) is 2. The first-order valence-electron chi connectivity index (χ1n) is 9.55. The summed E-state index contributed by atoms with van der Waals surface area (Å²) >= 11 is 0. The Bertz CT molecular complexity index is 992. The third kappa shape index (κ3) is 3.92. The van der Waals surface area contributed by atoms with Crippen molar-refractivity contribution in [3.05, 3.63) is 70.4 Å². The van der Waals surface area contributed by atoms with Gasteiger partial charge < -0.3 is 4.98 Å². The quantitative estimate of drug-likeness (QED) is 0.459. The van der Waals surface area contributed by atoms with Crippen LogP contribution < -0.4 is 0 Å². The molecule has 1 unspecified atom stereocenters. The molecule has 154 valence electrons. The maximum absolute atomic E-state index is 14.7. The standard InChI is InChI=1S/C20H16F4N2O.C2H6/c21-14-7-11(10-27)8-15(22)18(14)20-19-13(5-6-26(20)9-17(23)24)12-3-1-2-4-16(12)25-19;1-2/h1-4,7-8,10,17,20,25H,5-6,9H2;1-2H3. The first-order chi connectivity index (χ1) is 14.0. The molecule has 3 aromatic rings. The monoisotopic (exact) mass is 406 g/mol. The molecule has 2 heterocycles. The number of halogens is 4. The summed E-state index contributed by atoms with van der Waals surface area (Å²) in [6, 6.07) is 8.27. The molecule has 1 aromatic heterocycles. The normalized spacial score (nSPS) is 16.4. The van der Waals surface area contributed by atoms with Crippen LogP contribution in [0.5, 0.6) is 0 Å². The molecule has 1 aliphatic rings. The third-order valence-electron chi connectivity index (χ3n) is 5.02. The van der Waals surface area contributed by atoms with Crippen molar-refractivity contribution in [1.29, 1.82) is 0 Å². The zero-order valence-electron chi connectivity index (χ0n) is 16.2. The molecule has 29 heavy (non-hydrogen) atoms. The van der Waals surface area contributed by atoms with Gasteiger partial charge in [0.05, 0.1) is 12.6 Å². The minimum atomic E-state index is -2.64. The summed E-state index contributed by atoms with van der Waals surface area (Å²) in [5.74, 6) is -1.85. The van der Waals surface area contributed by atoms with E-state index in [9.17, 15) is 22.4 Å². The number of aromatic nitrogens is 1. The second-order valence-electron chi connectivity index (χ2n) is 6.62. The van der Waals surface area contributed by atoms with Crippen LogP contribution in [-0.4, -0.2) is 35.7 Å². The Labute approximate surface area is 166 Å². The van der Waals surface area contributed by atoms with Crippen molar-refractivity contribution in [3.63, 3.8) is 0 Å². The highest BCUT2D eigenvalue weighted by atomic mass is 19.3. The summed E-state index contributed by atoms with van der Waals surface area (Å²) in [5, 5.41) is 0.916. The highest BCUT2D eigenvalue weighted by Crippen LogP contribution is 2.40. The number of nitrogens with zero attached hydrogens (tertiary/aromatic N) is 1. The van der Waals surface area contributed by atoms with E-state index < -0.39 is 30.6 Å². The molecule has 7 heteroatoms. The average Bonchev–Trinajstić information content (AvgIpc) is 3.08. The molecule has 0 aliphatic carbocycles. The molecule has 0 saturated carbocycles. The van der Waals surface area contributed by atoms with Gasteiger partial charge >= 0.3 is 0 Å². The van der Waals surface area contributed by atoms with Crippen molar-refractivity contribution in [1.82, 2.24) is 9.88 Å². The highest BCUT2D eigenvalue weighted by Gasteiger charge is 2.36. The molecular weight excluding hydrogens is 384 g/mol. The van der Waals surface area contributed by atoms with Gasteiger partial charge in [0.1, 0.15) is 17.9 Å².